The summed E-state index contributed by atoms with van der Waals surface area (Å²) in [5.41, 5.74) is 4.18. The Morgan fingerprint density at radius 1 is 1.25 bits per heavy atom. The summed E-state index contributed by atoms with van der Waals surface area (Å²) in [5.74, 6) is -0.0447. The molecule has 1 aliphatic rings. The van der Waals surface area contributed by atoms with Gasteiger partial charge in [-0.3, -0.25) is 9.69 Å². The van der Waals surface area contributed by atoms with Gasteiger partial charge >= 0.3 is 0 Å². The van der Waals surface area contributed by atoms with Gasteiger partial charge in [0, 0.05) is 36.0 Å². The van der Waals surface area contributed by atoms with Crippen molar-refractivity contribution in [3.63, 3.8) is 0 Å². The monoisotopic (exact) mass is 401 g/mol. The van der Waals surface area contributed by atoms with Crippen molar-refractivity contribution in [3.8, 4) is 0 Å². The highest BCUT2D eigenvalue weighted by Gasteiger charge is 2.21. The second-order valence-electron chi connectivity index (χ2n) is 7.27. The first-order valence-electron chi connectivity index (χ1n) is 9.63. The summed E-state index contributed by atoms with van der Waals surface area (Å²) in [4.78, 5) is 17.2. The number of benzene rings is 2. The lowest BCUT2D eigenvalue weighted by Crippen LogP contribution is -2.40. The van der Waals surface area contributed by atoms with Gasteiger partial charge < -0.3 is 15.0 Å². The van der Waals surface area contributed by atoms with Crippen molar-refractivity contribution in [3.05, 3.63) is 58.6 Å². The molecule has 0 aliphatic carbocycles. The predicted octanol–water partition coefficient (Wildman–Crippen LogP) is 3.94. The summed E-state index contributed by atoms with van der Waals surface area (Å²) in [7, 11) is 1.98. The molecule has 150 valence electrons. The number of aryl methyl sites for hydroxylation is 1. The van der Waals surface area contributed by atoms with Gasteiger partial charge in [0.1, 0.15) is 0 Å². The van der Waals surface area contributed by atoms with Gasteiger partial charge in [-0.2, -0.15) is 0 Å². The topological polar surface area (TPSA) is 44.8 Å². The molecule has 3 rings (SSSR count). The van der Waals surface area contributed by atoms with Crippen LogP contribution in [-0.4, -0.2) is 50.2 Å². The molecule has 5 nitrogen and oxygen atoms in total. The minimum atomic E-state index is -0.281. The van der Waals surface area contributed by atoms with Crippen molar-refractivity contribution in [2.45, 2.75) is 26.4 Å². The normalized spacial score (nSPS) is 15.5. The maximum Gasteiger partial charge on any atom is 0.241 e. The number of anilines is 2. The number of halogens is 1. The van der Waals surface area contributed by atoms with Gasteiger partial charge in [-0.25, -0.2) is 0 Å². The average molecular weight is 402 g/mol. The lowest BCUT2D eigenvalue weighted by molar-refractivity contribution is -0.120. The van der Waals surface area contributed by atoms with Gasteiger partial charge in [0.2, 0.25) is 5.91 Å². The number of hydrogen-bond acceptors (Lipinski definition) is 4. The van der Waals surface area contributed by atoms with E-state index in [1.165, 1.54) is 11.3 Å². The fraction of sp³-hybridized carbons (Fsp3) is 0.409. The largest absolute Gasteiger partial charge is 0.378 e. The van der Waals surface area contributed by atoms with Gasteiger partial charge in [-0.05, 0) is 50.2 Å². The van der Waals surface area contributed by atoms with Crippen LogP contribution in [0.2, 0.25) is 5.02 Å². The highest BCUT2D eigenvalue weighted by molar-refractivity contribution is 6.31. The zero-order valence-corrected chi connectivity index (χ0v) is 17.5. The number of amides is 1. The maximum absolute atomic E-state index is 12.8. The Morgan fingerprint density at radius 3 is 2.71 bits per heavy atom. The standard InChI is InChI=1S/C22H28ClN3O2/c1-16-8-9-19(23)14-20(16)24-22(27)17(2)25(3)15-18-6-4-5-7-21(18)26-10-12-28-13-11-26/h4-9,14,17H,10-13,15H2,1-3H3,(H,24,27)/t17-/m0/s1. The highest BCUT2D eigenvalue weighted by Crippen LogP contribution is 2.24. The molecule has 0 bridgehead atoms. The Labute approximate surface area is 172 Å². The summed E-state index contributed by atoms with van der Waals surface area (Å²) < 4.78 is 5.47. The molecule has 1 atom stereocenters. The molecule has 1 saturated heterocycles. The van der Waals surface area contributed by atoms with Crippen LogP contribution in [0.3, 0.4) is 0 Å². The Bertz CT molecular complexity index is 821. The molecule has 1 heterocycles. The van der Waals surface area contributed by atoms with Crippen molar-refractivity contribution in [1.29, 1.82) is 0 Å². The number of carbonyl (C=O) groups is 1. The number of rotatable bonds is 6. The Morgan fingerprint density at radius 2 is 1.96 bits per heavy atom. The van der Waals surface area contributed by atoms with E-state index in [-0.39, 0.29) is 11.9 Å². The number of carbonyl (C=O) groups excluding carboxylic acids is 1. The second-order valence-corrected chi connectivity index (χ2v) is 7.70. The second kappa shape index (κ2) is 9.41. The molecule has 0 unspecified atom stereocenters. The first-order chi connectivity index (χ1) is 13.5. The van der Waals surface area contributed by atoms with E-state index in [9.17, 15) is 4.79 Å². The molecular weight excluding hydrogens is 374 g/mol. The summed E-state index contributed by atoms with van der Waals surface area (Å²) in [6.07, 6.45) is 0. The van der Waals surface area contributed by atoms with E-state index in [4.69, 9.17) is 16.3 Å². The molecule has 28 heavy (non-hydrogen) atoms. The van der Waals surface area contributed by atoms with Crippen molar-refractivity contribution in [2.24, 2.45) is 0 Å². The fourth-order valence-corrected chi connectivity index (χ4v) is 3.50. The first kappa shape index (κ1) is 20.6. The Balaban J connectivity index is 1.68. The fourth-order valence-electron chi connectivity index (χ4n) is 3.33. The first-order valence-corrected chi connectivity index (χ1v) is 10.0. The van der Waals surface area contributed by atoms with Crippen LogP contribution in [0.15, 0.2) is 42.5 Å². The molecule has 2 aromatic carbocycles. The molecule has 1 amide bonds. The summed E-state index contributed by atoms with van der Waals surface area (Å²) in [6, 6.07) is 13.6. The van der Waals surface area contributed by atoms with E-state index in [0.717, 1.165) is 37.6 Å². The minimum Gasteiger partial charge on any atom is -0.378 e. The van der Waals surface area contributed by atoms with E-state index in [0.29, 0.717) is 11.6 Å². The molecule has 0 saturated carbocycles. The quantitative estimate of drug-likeness (QED) is 0.796. The van der Waals surface area contributed by atoms with Crippen LogP contribution in [0.25, 0.3) is 0 Å². The van der Waals surface area contributed by atoms with Gasteiger partial charge in [0.25, 0.3) is 0 Å². The summed E-state index contributed by atoms with van der Waals surface area (Å²) >= 11 is 6.07. The van der Waals surface area contributed by atoms with Gasteiger partial charge in [0.05, 0.1) is 19.3 Å². The Hall–Kier alpha value is -2.08. The van der Waals surface area contributed by atoms with Crippen LogP contribution >= 0.6 is 11.6 Å². The number of ether oxygens (including phenoxy) is 1. The van der Waals surface area contributed by atoms with Gasteiger partial charge in [0.15, 0.2) is 0 Å². The number of para-hydroxylation sites is 1. The maximum atomic E-state index is 12.8. The zero-order valence-electron chi connectivity index (χ0n) is 16.7. The highest BCUT2D eigenvalue weighted by atomic mass is 35.5. The number of nitrogens with one attached hydrogen (secondary N) is 1. The SMILES string of the molecule is Cc1ccc(Cl)cc1NC(=O)[C@H](C)N(C)Cc1ccccc1N1CCOCC1. The third-order valence-corrected chi connectivity index (χ3v) is 5.50. The van der Waals surface area contributed by atoms with Crippen LogP contribution in [-0.2, 0) is 16.1 Å². The lowest BCUT2D eigenvalue weighted by Gasteiger charge is -2.32. The van der Waals surface area contributed by atoms with Crippen molar-refractivity contribution >= 4 is 28.9 Å². The van der Waals surface area contributed by atoms with Crippen molar-refractivity contribution < 1.29 is 9.53 Å². The van der Waals surface area contributed by atoms with Crippen molar-refractivity contribution in [1.82, 2.24) is 4.90 Å². The third kappa shape index (κ3) is 5.04. The molecule has 2 aromatic rings. The number of nitrogens with zero attached hydrogens (tertiary/aromatic N) is 2. The van der Waals surface area contributed by atoms with E-state index >= 15 is 0 Å². The van der Waals surface area contributed by atoms with Crippen LogP contribution in [0.1, 0.15) is 18.1 Å². The van der Waals surface area contributed by atoms with E-state index in [1.54, 1.807) is 6.07 Å². The van der Waals surface area contributed by atoms with Crippen LogP contribution in [0, 0.1) is 6.92 Å². The molecule has 6 heteroatoms. The van der Waals surface area contributed by atoms with E-state index in [1.807, 2.05) is 39.1 Å². The smallest absolute Gasteiger partial charge is 0.241 e. The van der Waals surface area contributed by atoms with Crippen LogP contribution < -0.4 is 10.2 Å². The molecule has 1 N–H and O–H groups in total. The molecular formula is C22H28ClN3O2. The van der Waals surface area contributed by atoms with Crippen LogP contribution in [0.5, 0.6) is 0 Å². The summed E-state index contributed by atoms with van der Waals surface area (Å²) in [6.45, 7) is 7.86. The zero-order chi connectivity index (χ0) is 20.1. The predicted molar refractivity (Wildman–Crippen MR) is 115 cm³/mol. The molecule has 1 fully saturated rings. The third-order valence-electron chi connectivity index (χ3n) is 5.26. The van der Waals surface area contributed by atoms with Gasteiger partial charge in [-0.1, -0.05) is 35.9 Å². The molecule has 0 radical (unpaired) electrons. The molecule has 0 aromatic heterocycles. The Kier molecular flexibility index (Phi) is 6.94. The van der Waals surface area contributed by atoms with E-state index < -0.39 is 0 Å². The molecule has 1 aliphatic heterocycles. The molecule has 0 spiro atoms. The number of likely N-dealkylation sites (N-methyl/N-ethyl adjacent to an activating group) is 1. The van der Waals surface area contributed by atoms with Crippen molar-refractivity contribution in [2.75, 3.05) is 43.6 Å². The summed E-state index contributed by atoms with van der Waals surface area (Å²) in [5, 5.41) is 3.62. The number of hydrogen-bond donors (Lipinski definition) is 1. The number of morpholine rings is 1. The average Bonchev–Trinajstić information content (AvgIpc) is 2.71. The lowest BCUT2D eigenvalue weighted by atomic mass is 10.1. The minimum absolute atomic E-state index is 0.0447. The van der Waals surface area contributed by atoms with Gasteiger partial charge in [-0.15, -0.1) is 0 Å². The van der Waals surface area contributed by atoms with E-state index in [2.05, 4.69) is 33.3 Å². The van der Waals surface area contributed by atoms with Crippen LogP contribution in [0.4, 0.5) is 11.4 Å².